The Morgan fingerprint density at radius 3 is 2.83 bits per heavy atom. The van der Waals surface area contributed by atoms with Crippen molar-refractivity contribution in [2.75, 3.05) is 5.32 Å². The van der Waals surface area contributed by atoms with Crippen LogP contribution in [0.2, 0.25) is 5.02 Å². The van der Waals surface area contributed by atoms with E-state index < -0.39 is 0 Å². The molecule has 18 heavy (non-hydrogen) atoms. The maximum absolute atomic E-state index is 6.21. The third-order valence-corrected chi connectivity index (χ3v) is 3.29. The van der Waals surface area contributed by atoms with Gasteiger partial charge in [-0.2, -0.15) is 5.10 Å². The molecule has 1 N–H and O–H groups in total. The molecule has 2 rings (SSSR count). The van der Waals surface area contributed by atoms with Gasteiger partial charge in [0, 0.05) is 18.3 Å². The van der Waals surface area contributed by atoms with Gasteiger partial charge in [0.15, 0.2) is 0 Å². The van der Waals surface area contributed by atoms with Crippen molar-refractivity contribution in [2.24, 2.45) is 0 Å². The Labute approximate surface area is 113 Å². The summed E-state index contributed by atoms with van der Waals surface area (Å²) in [4.78, 5) is 0. The standard InChI is InChI=1S/C14H18ClN3/c1-4-18-9-12(8-16-18)11(3)17-14-6-5-10(2)7-13(14)15/h5-9,11,17H,4H2,1-3H3. The molecule has 0 saturated heterocycles. The average Bonchev–Trinajstić information content (AvgIpc) is 2.81. The van der Waals surface area contributed by atoms with Crippen LogP contribution < -0.4 is 5.32 Å². The van der Waals surface area contributed by atoms with Crippen LogP contribution in [-0.4, -0.2) is 9.78 Å². The van der Waals surface area contributed by atoms with Gasteiger partial charge in [0.05, 0.1) is 22.9 Å². The largest absolute Gasteiger partial charge is 0.377 e. The van der Waals surface area contributed by atoms with E-state index in [0.717, 1.165) is 28.4 Å². The van der Waals surface area contributed by atoms with Crippen LogP contribution in [0.3, 0.4) is 0 Å². The monoisotopic (exact) mass is 263 g/mol. The fourth-order valence-electron chi connectivity index (χ4n) is 1.83. The smallest absolute Gasteiger partial charge is 0.0640 e. The number of nitrogens with zero attached hydrogens (tertiary/aromatic N) is 2. The first-order chi connectivity index (χ1) is 8.60. The highest BCUT2D eigenvalue weighted by Crippen LogP contribution is 2.26. The Balaban J connectivity index is 2.13. The Kier molecular flexibility index (Phi) is 3.92. The van der Waals surface area contributed by atoms with E-state index in [-0.39, 0.29) is 6.04 Å². The number of hydrogen-bond acceptors (Lipinski definition) is 2. The molecule has 0 aliphatic rings. The second kappa shape index (κ2) is 5.44. The van der Waals surface area contributed by atoms with Gasteiger partial charge >= 0.3 is 0 Å². The Morgan fingerprint density at radius 1 is 1.44 bits per heavy atom. The quantitative estimate of drug-likeness (QED) is 0.902. The highest BCUT2D eigenvalue weighted by atomic mass is 35.5. The number of hydrogen-bond donors (Lipinski definition) is 1. The molecule has 2 aromatic rings. The minimum absolute atomic E-state index is 0.186. The summed E-state index contributed by atoms with van der Waals surface area (Å²) in [5, 5.41) is 8.44. The molecular formula is C14H18ClN3. The summed E-state index contributed by atoms with van der Waals surface area (Å²) in [5.41, 5.74) is 3.28. The van der Waals surface area contributed by atoms with Crippen LogP contribution in [0.15, 0.2) is 30.6 Å². The second-order valence-electron chi connectivity index (χ2n) is 4.48. The predicted octanol–water partition coefficient (Wildman–Crippen LogP) is 4.04. The van der Waals surface area contributed by atoms with Gasteiger partial charge in [0.25, 0.3) is 0 Å². The lowest BCUT2D eigenvalue weighted by Gasteiger charge is -2.15. The number of aromatic nitrogens is 2. The minimum atomic E-state index is 0.186. The van der Waals surface area contributed by atoms with Crippen molar-refractivity contribution in [3.63, 3.8) is 0 Å². The van der Waals surface area contributed by atoms with Crippen LogP contribution in [0, 0.1) is 6.92 Å². The summed E-state index contributed by atoms with van der Waals surface area (Å²) in [6.45, 7) is 7.10. The zero-order valence-electron chi connectivity index (χ0n) is 10.9. The van der Waals surface area contributed by atoms with Gasteiger partial charge in [-0.05, 0) is 38.5 Å². The molecule has 0 radical (unpaired) electrons. The first-order valence-electron chi connectivity index (χ1n) is 6.15. The van der Waals surface area contributed by atoms with Gasteiger partial charge in [-0.1, -0.05) is 17.7 Å². The van der Waals surface area contributed by atoms with Gasteiger partial charge in [-0.15, -0.1) is 0 Å². The van der Waals surface area contributed by atoms with E-state index in [2.05, 4.69) is 36.5 Å². The molecule has 3 nitrogen and oxygen atoms in total. The van der Waals surface area contributed by atoms with Crippen LogP contribution in [-0.2, 0) is 6.54 Å². The number of anilines is 1. The topological polar surface area (TPSA) is 29.9 Å². The molecule has 4 heteroatoms. The number of benzene rings is 1. The number of halogens is 1. The van der Waals surface area contributed by atoms with E-state index in [1.807, 2.05) is 29.9 Å². The minimum Gasteiger partial charge on any atom is -0.377 e. The fourth-order valence-corrected chi connectivity index (χ4v) is 2.12. The molecule has 0 aliphatic heterocycles. The zero-order valence-corrected chi connectivity index (χ0v) is 11.7. The molecule has 0 saturated carbocycles. The summed E-state index contributed by atoms with van der Waals surface area (Å²) < 4.78 is 1.92. The van der Waals surface area contributed by atoms with Crippen molar-refractivity contribution < 1.29 is 0 Å². The van der Waals surface area contributed by atoms with Crippen molar-refractivity contribution in [3.05, 3.63) is 46.7 Å². The lowest BCUT2D eigenvalue weighted by Crippen LogP contribution is -2.06. The summed E-state index contributed by atoms with van der Waals surface area (Å²) in [5.74, 6) is 0. The van der Waals surface area contributed by atoms with Crippen molar-refractivity contribution in [3.8, 4) is 0 Å². The van der Waals surface area contributed by atoms with Crippen LogP contribution in [0.25, 0.3) is 0 Å². The molecule has 1 unspecified atom stereocenters. The number of rotatable bonds is 4. The third kappa shape index (κ3) is 2.85. The highest BCUT2D eigenvalue weighted by Gasteiger charge is 2.09. The molecule has 1 atom stereocenters. The molecule has 0 aliphatic carbocycles. The van der Waals surface area contributed by atoms with E-state index in [1.165, 1.54) is 0 Å². The van der Waals surface area contributed by atoms with Crippen LogP contribution in [0.5, 0.6) is 0 Å². The maximum atomic E-state index is 6.21. The van der Waals surface area contributed by atoms with Gasteiger partial charge in [-0.25, -0.2) is 0 Å². The second-order valence-corrected chi connectivity index (χ2v) is 4.89. The van der Waals surface area contributed by atoms with Crippen LogP contribution >= 0.6 is 11.6 Å². The SMILES string of the molecule is CCn1cc(C(C)Nc2ccc(C)cc2Cl)cn1. The van der Waals surface area contributed by atoms with Crippen LogP contribution in [0.4, 0.5) is 5.69 Å². The fraction of sp³-hybridized carbons (Fsp3) is 0.357. The van der Waals surface area contributed by atoms with E-state index in [9.17, 15) is 0 Å². The molecular weight excluding hydrogens is 246 g/mol. The first-order valence-corrected chi connectivity index (χ1v) is 6.53. The lowest BCUT2D eigenvalue weighted by molar-refractivity contribution is 0.658. The summed E-state index contributed by atoms with van der Waals surface area (Å²) >= 11 is 6.21. The molecule has 0 spiro atoms. The van der Waals surface area contributed by atoms with E-state index in [1.54, 1.807) is 0 Å². The Bertz CT molecular complexity index is 534. The van der Waals surface area contributed by atoms with Gasteiger partial charge in [0.2, 0.25) is 0 Å². The molecule has 0 amide bonds. The van der Waals surface area contributed by atoms with Crippen molar-refractivity contribution >= 4 is 17.3 Å². The van der Waals surface area contributed by atoms with E-state index in [0.29, 0.717) is 0 Å². The third-order valence-electron chi connectivity index (χ3n) is 2.97. The summed E-state index contributed by atoms with van der Waals surface area (Å²) in [6, 6.07) is 6.21. The first kappa shape index (κ1) is 13.0. The number of aryl methyl sites for hydroxylation is 2. The molecule has 1 aromatic carbocycles. The molecule has 96 valence electrons. The number of nitrogens with one attached hydrogen (secondary N) is 1. The van der Waals surface area contributed by atoms with Gasteiger partial charge in [0.1, 0.15) is 0 Å². The lowest BCUT2D eigenvalue weighted by atomic mass is 10.1. The molecule has 0 fully saturated rings. The van der Waals surface area contributed by atoms with E-state index in [4.69, 9.17) is 11.6 Å². The predicted molar refractivity (Wildman–Crippen MR) is 76.1 cm³/mol. The van der Waals surface area contributed by atoms with Crippen molar-refractivity contribution in [1.29, 1.82) is 0 Å². The zero-order chi connectivity index (χ0) is 13.1. The van der Waals surface area contributed by atoms with Gasteiger partial charge in [-0.3, -0.25) is 4.68 Å². The van der Waals surface area contributed by atoms with Gasteiger partial charge < -0.3 is 5.32 Å². The molecule has 1 aromatic heterocycles. The van der Waals surface area contributed by atoms with Crippen LogP contribution in [0.1, 0.15) is 31.0 Å². The van der Waals surface area contributed by atoms with E-state index >= 15 is 0 Å². The summed E-state index contributed by atoms with van der Waals surface area (Å²) in [7, 11) is 0. The van der Waals surface area contributed by atoms with Crippen molar-refractivity contribution in [1.82, 2.24) is 9.78 Å². The van der Waals surface area contributed by atoms with Crippen molar-refractivity contribution in [2.45, 2.75) is 33.4 Å². The summed E-state index contributed by atoms with van der Waals surface area (Å²) in [6.07, 6.45) is 3.95. The normalized spacial score (nSPS) is 12.4. The average molecular weight is 264 g/mol. The Morgan fingerprint density at radius 2 is 2.22 bits per heavy atom. The maximum Gasteiger partial charge on any atom is 0.0640 e. The molecule has 1 heterocycles. The Hall–Kier alpha value is -1.48. The molecule has 0 bridgehead atoms. The highest BCUT2D eigenvalue weighted by molar-refractivity contribution is 6.33.